The summed E-state index contributed by atoms with van der Waals surface area (Å²) < 4.78 is 5.50. The number of fused-ring (bicyclic) bond motifs is 1. The van der Waals surface area contributed by atoms with Crippen LogP contribution in [0.4, 0.5) is 0 Å². The van der Waals surface area contributed by atoms with Crippen LogP contribution in [-0.4, -0.2) is 57.2 Å². The Hall–Kier alpha value is -2.93. The van der Waals surface area contributed by atoms with Crippen molar-refractivity contribution in [3.63, 3.8) is 0 Å². The maximum absolute atomic E-state index is 13.1. The van der Waals surface area contributed by atoms with E-state index in [2.05, 4.69) is 16.0 Å². The lowest BCUT2D eigenvalue weighted by molar-refractivity contribution is -0.133. The fourth-order valence-corrected chi connectivity index (χ4v) is 5.68. The number of rotatable bonds is 4. The number of H-pyrrole nitrogens is 1. The summed E-state index contributed by atoms with van der Waals surface area (Å²) in [6, 6.07) is 9.44. The first kappa shape index (κ1) is 20.7. The number of imidazole rings is 1. The molecule has 2 aliphatic heterocycles. The van der Waals surface area contributed by atoms with Gasteiger partial charge < -0.3 is 19.7 Å². The standard InChI is InChI=1S/C26H30N4O3/c31-19-3-1-2-18(14-19)21-15-22(21)26(32)30-10-5-16(6-11-30)20-4-9-27-25-23(20)28-24(29-25)17-7-12-33-13-8-17/h1-4,9,14,16-17,21-22,31H,5-8,10-13,15H2,(H,27,28,29). The van der Waals surface area contributed by atoms with Crippen LogP contribution in [0.25, 0.3) is 11.2 Å². The molecule has 1 amide bonds. The highest BCUT2D eigenvalue weighted by atomic mass is 16.5. The molecule has 2 saturated heterocycles. The zero-order valence-corrected chi connectivity index (χ0v) is 18.7. The van der Waals surface area contributed by atoms with E-state index in [9.17, 15) is 9.90 Å². The highest BCUT2D eigenvalue weighted by molar-refractivity contribution is 5.83. The van der Waals surface area contributed by atoms with Crippen LogP contribution in [0.15, 0.2) is 36.5 Å². The Bertz CT molecular complexity index is 1160. The number of likely N-dealkylation sites (tertiary alicyclic amines) is 1. The molecular formula is C26H30N4O3. The Morgan fingerprint density at radius 1 is 1.09 bits per heavy atom. The number of aromatic amines is 1. The lowest BCUT2D eigenvalue weighted by Crippen LogP contribution is -2.39. The molecule has 7 nitrogen and oxygen atoms in total. The number of benzene rings is 1. The van der Waals surface area contributed by atoms with E-state index in [0.717, 1.165) is 81.0 Å². The zero-order chi connectivity index (χ0) is 22.4. The molecule has 2 N–H and O–H groups in total. The average molecular weight is 447 g/mol. The molecule has 7 heteroatoms. The van der Waals surface area contributed by atoms with Crippen molar-refractivity contribution in [1.29, 1.82) is 0 Å². The van der Waals surface area contributed by atoms with Crippen molar-refractivity contribution in [2.45, 2.75) is 49.9 Å². The van der Waals surface area contributed by atoms with Gasteiger partial charge in [0.25, 0.3) is 0 Å². The van der Waals surface area contributed by atoms with E-state index in [1.807, 2.05) is 23.2 Å². The summed E-state index contributed by atoms with van der Waals surface area (Å²) in [5.74, 6) is 2.69. The summed E-state index contributed by atoms with van der Waals surface area (Å²) in [5.41, 5.74) is 4.20. The van der Waals surface area contributed by atoms with Crippen molar-refractivity contribution >= 4 is 17.1 Å². The maximum Gasteiger partial charge on any atom is 0.226 e. The second-order valence-corrected chi connectivity index (χ2v) is 9.75. The Morgan fingerprint density at radius 3 is 2.70 bits per heavy atom. The number of ether oxygens (including phenoxy) is 1. The van der Waals surface area contributed by atoms with Gasteiger partial charge in [-0.25, -0.2) is 9.97 Å². The molecule has 33 heavy (non-hydrogen) atoms. The largest absolute Gasteiger partial charge is 0.508 e. The number of hydrogen-bond acceptors (Lipinski definition) is 5. The van der Waals surface area contributed by atoms with Gasteiger partial charge in [-0.05, 0) is 73.3 Å². The Morgan fingerprint density at radius 2 is 1.91 bits per heavy atom. The van der Waals surface area contributed by atoms with E-state index >= 15 is 0 Å². The van der Waals surface area contributed by atoms with E-state index in [1.54, 1.807) is 12.1 Å². The highest BCUT2D eigenvalue weighted by Gasteiger charge is 2.46. The third-order valence-electron chi connectivity index (χ3n) is 7.69. The Balaban J connectivity index is 1.12. The van der Waals surface area contributed by atoms with Crippen molar-refractivity contribution < 1.29 is 14.6 Å². The van der Waals surface area contributed by atoms with Crippen LogP contribution in [0.5, 0.6) is 5.75 Å². The van der Waals surface area contributed by atoms with Crippen molar-refractivity contribution in [2.24, 2.45) is 5.92 Å². The molecule has 3 aliphatic rings. The molecular weight excluding hydrogens is 416 g/mol. The van der Waals surface area contributed by atoms with Crippen LogP contribution in [0, 0.1) is 5.92 Å². The van der Waals surface area contributed by atoms with Gasteiger partial charge in [0.2, 0.25) is 5.91 Å². The SMILES string of the molecule is O=C(C1CC1c1cccc(O)c1)N1CCC(c2ccnc3[nH]c(C4CCOCC4)nc23)CC1. The number of phenolic OH excluding ortho intramolecular Hbond substituents is 1. The summed E-state index contributed by atoms with van der Waals surface area (Å²) in [6.07, 6.45) is 6.67. The molecule has 172 valence electrons. The van der Waals surface area contributed by atoms with Gasteiger partial charge in [0.15, 0.2) is 5.65 Å². The minimum atomic E-state index is 0.0596. The highest BCUT2D eigenvalue weighted by Crippen LogP contribution is 2.49. The summed E-state index contributed by atoms with van der Waals surface area (Å²) >= 11 is 0. The molecule has 2 atom stereocenters. The van der Waals surface area contributed by atoms with Gasteiger partial charge in [0, 0.05) is 44.3 Å². The third kappa shape index (κ3) is 3.99. The van der Waals surface area contributed by atoms with E-state index in [-0.39, 0.29) is 23.5 Å². The fraction of sp³-hybridized carbons (Fsp3) is 0.500. The second-order valence-electron chi connectivity index (χ2n) is 9.75. The van der Waals surface area contributed by atoms with Gasteiger partial charge in [-0.2, -0.15) is 0 Å². The van der Waals surface area contributed by atoms with Gasteiger partial charge in [-0.3, -0.25) is 4.79 Å². The van der Waals surface area contributed by atoms with Crippen molar-refractivity contribution in [3.8, 4) is 5.75 Å². The fourth-order valence-electron chi connectivity index (χ4n) is 5.68. The number of pyridine rings is 1. The minimum Gasteiger partial charge on any atom is -0.508 e. The first-order valence-corrected chi connectivity index (χ1v) is 12.2. The number of aromatic hydroxyl groups is 1. The summed E-state index contributed by atoms with van der Waals surface area (Å²) in [4.78, 5) is 28.1. The molecule has 0 radical (unpaired) electrons. The van der Waals surface area contributed by atoms with Crippen LogP contribution in [0.3, 0.4) is 0 Å². The normalized spacial score (nSPS) is 24.3. The third-order valence-corrected chi connectivity index (χ3v) is 7.69. The number of piperidine rings is 1. The lowest BCUT2D eigenvalue weighted by atomic mass is 9.89. The Labute approximate surface area is 193 Å². The quantitative estimate of drug-likeness (QED) is 0.630. The van der Waals surface area contributed by atoms with Crippen LogP contribution in [-0.2, 0) is 9.53 Å². The number of phenols is 1. The first-order valence-electron chi connectivity index (χ1n) is 12.2. The molecule has 1 aromatic carbocycles. The van der Waals surface area contributed by atoms with Crippen molar-refractivity contribution in [1.82, 2.24) is 19.9 Å². The maximum atomic E-state index is 13.1. The molecule has 3 aromatic rings. The van der Waals surface area contributed by atoms with Crippen molar-refractivity contribution in [2.75, 3.05) is 26.3 Å². The number of nitrogens with zero attached hydrogens (tertiary/aromatic N) is 3. The predicted octanol–water partition coefficient (Wildman–Crippen LogP) is 4.07. The molecule has 4 heterocycles. The van der Waals surface area contributed by atoms with Gasteiger partial charge in [-0.1, -0.05) is 12.1 Å². The number of hydrogen-bond donors (Lipinski definition) is 2. The van der Waals surface area contributed by atoms with Gasteiger partial charge >= 0.3 is 0 Å². The smallest absolute Gasteiger partial charge is 0.226 e. The Kier molecular flexibility index (Phi) is 5.29. The molecule has 0 bridgehead atoms. The lowest BCUT2D eigenvalue weighted by Gasteiger charge is -2.32. The molecule has 1 aliphatic carbocycles. The number of amides is 1. The topological polar surface area (TPSA) is 91.3 Å². The number of nitrogens with one attached hydrogen (secondary N) is 1. The molecule has 6 rings (SSSR count). The molecule has 2 unspecified atom stereocenters. The predicted molar refractivity (Wildman–Crippen MR) is 124 cm³/mol. The summed E-state index contributed by atoms with van der Waals surface area (Å²) in [6.45, 7) is 3.16. The second kappa shape index (κ2) is 8.45. The van der Waals surface area contributed by atoms with E-state index < -0.39 is 0 Å². The first-order chi connectivity index (χ1) is 16.2. The van der Waals surface area contributed by atoms with Crippen LogP contribution < -0.4 is 0 Å². The van der Waals surface area contributed by atoms with Crippen LogP contribution >= 0.6 is 0 Å². The molecule has 3 fully saturated rings. The zero-order valence-electron chi connectivity index (χ0n) is 18.7. The summed E-state index contributed by atoms with van der Waals surface area (Å²) in [5, 5.41) is 9.74. The average Bonchev–Trinajstić information content (AvgIpc) is 3.54. The summed E-state index contributed by atoms with van der Waals surface area (Å²) in [7, 11) is 0. The van der Waals surface area contributed by atoms with E-state index in [0.29, 0.717) is 11.8 Å². The van der Waals surface area contributed by atoms with Crippen molar-refractivity contribution in [3.05, 3.63) is 53.5 Å². The number of aromatic nitrogens is 3. The van der Waals surface area contributed by atoms with E-state index in [4.69, 9.17) is 9.72 Å². The van der Waals surface area contributed by atoms with Gasteiger partial charge in [-0.15, -0.1) is 0 Å². The van der Waals surface area contributed by atoms with Crippen LogP contribution in [0.2, 0.25) is 0 Å². The monoisotopic (exact) mass is 446 g/mol. The molecule has 1 saturated carbocycles. The van der Waals surface area contributed by atoms with Crippen LogP contribution in [0.1, 0.15) is 66.8 Å². The molecule has 0 spiro atoms. The van der Waals surface area contributed by atoms with Gasteiger partial charge in [0.1, 0.15) is 17.1 Å². The van der Waals surface area contributed by atoms with E-state index in [1.165, 1.54) is 5.56 Å². The molecule has 2 aromatic heterocycles. The number of carbonyl (C=O) groups is 1. The number of carbonyl (C=O) groups excluding carboxylic acids is 1. The minimum absolute atomic E-state index is 0.0596. The van der Waals surface area contributed by atoms with Gasteiger partial charge in [0.05, 0.1) is 0 Å².